The minimum absolute atomic E-state index is 0.214. The third-order valence-corrected chi connectivity index (χ3v) is 5.82. The van der Waals surface area contributed by atoms with E-state index in [2.05, 4.69) is 0 Å². The molecule has 4 aliphatic carbocycles. The molecule has 4 saturated carbocycles. The Morgan fingerprint density at radius 2 is 1.53 bits per heavy atom. The number of methoxy groups -OCH3 is 2. The molecule has 0 saturated heterocycles. The molecule has 4 rings (SSSR count). The minimum Gasteiger partial charge on any atom is -0.385 e. The highest BCUT2D eigenvalue weighted by Gasteiger charge is 2.57. The summed E-state index contributed by atoms with van der Waals surface area (Å²) < 4.78 is 11.3. The van der Waals surface area contributed by atoms with Crippen molar-refractivity contribution >= 4 is 0 Å². The van der Waals surface area contributed by atoms with Crippen LogP contribution in [-0.2, 0) is 9.47 Å². The number of hydrogen-bond donors (Lipinski definition) is 0. The van der Waals surface area contributed by atoms with Gasteiger partial charge in [-0.1, -0.05) is 0 Å². The van der Waals surface area contributed by atoms with Gasteiger partial charge in [0.1, 0.15) is 0 Å². The average Bonchev–Trinajstić information content (AvgIpc) is 2.32. The number of rotatable bonds is 5. The Hall–Kier alpha value is -0.0800. The molecule has 0 atom stereocenters. The van der Waals surface area contributed by atoms with Crippen molar-refractivity contribution in [2.24, 2.45) is 23.7 Å². The fraction of sp³-hybridized carbons (Fsp3) is 1.00. The Labute approximate surface area is 105 Å². The zero-order valence-electron chi connectivity index (χ0n) is 11.3. The lowest BCUT2D eigenvalue weighted by molar-refractivity contribution is -0.195. The van der Waals surface area contributed by atoms with Crippen LogP contribution in [-0.4, -0.2) is 26.4 Å². The van der Waals surface area contributed by atoms with Crippen molar-refractivity contribution in [3.05, 3.63) is 0 Å². The molecule has 0 heterocycles. The normalized spacial score (nSPS) is 47.6. The van der Waals surface area contributed by atoms with Gasteiger partial charge in [0.15, 0.2) is 0 Å². The summed E-state index contributed by atoms with van der Waals surface area (Å²) in [6, 6.07) is 0. The summed E-state index contributed by atoms with van der Waals surface area (Å²) in [6.07, 6.45) is 9.65. The van der Waals surface area contributed by atoms with E-state index in [1.54, 1.807) is 7.11 Å². The Morgan fingerprint density at radius 3 is 2.00 bits per heavy atom. The zero-order valence-corrected chi connectivity index (χ0v) is 11.3. The van der Waals surface area contributed by atoms with Crippen LogP contribution in [0.2, 0.25) is 0 Å². The SMILES string of the molecule is COCCCC1(OC)C2CC3CC(C2)CC1C3. The second-order valence-electron chi connectivity index (χ2n) is 6.56. The van der Waals surface area contributed by atoms with E-state index in [-0.39, 0.29) is 5.60 Å². The first kappa shape index (κ1) is 12.0. The van der Waals surface area contributed by atoms with Crippen molar-refractivity contribution < 1.29 is 9.47 Å². The molecule has 4 fully saturated rings. The van der Waals surface area contributed by atoms with E-state index in [4.69, 9.17) is 9.47 Å². The molecule has 0 aromatic carbocycles. The first-order valence-electron chi connectivity index (χ1n) is 7.32. The van der Waals surface area contributed by atoms with Crippen LogP contribution in [0.1, 0.15) is 44.9 Å². The van der Waals surface area contributed by atoms with Crippen molar-refractivity contribution in [1.82, 2.24) is 0 Å². The highest BCUT2D eigenvalue weighted by atomic mass is 16.5. The van der Waals surface area contributed by atoms with Crippen LogP contribution in [0.25, 0.3) is 0 Å². The maximum absolute atomic E-state index is 6.11. The smallest absolute Gasteiger partial charge is 0.0736 e. The molecule has 0 amide bonds. The van der Waals surface area contributed by atoms with Crippen LogP contribution in [0, 0.1) is 23.7 Å². The van der Waals surface area contributed by atoms with Crippen LogP contribution >= 0.6 is 0 Å². The Bertz CT molecular complexity index is 246. The molecule has 0 radical (unpaired) electrons. The second-order valence-corrected chi connectivity index (χ2v) is 6.56. The Kier molecular flexibility index (Phi) is 3.20. The summed E-state index contributed by atoms with van der Waals surface area (Å²) in [5.41, 5.74) is 0.214. The van der Waals surface area contributed by atoms with Crippen molar-refractivity contribution in [3.8, 4) is 0 Å². The first-order valence-corrected chi connectivity index (χ1v) is 7.32. The summed E-state index contributed by atoms with van der Waals surface area (Å²) in [5.74, 6) is 3.76. The van der Waals surface area contributed by atoms with E-state index in [9.17, 15) is 0 Å². The molecule has 2 nitrogen and oxygen atoms in total. The van der Waals surface area contributed by atoms with E-state index in [0.717, 1.165) is 36.7 Å². The fourth-order valence-electron chi connectivity index (χ4n) is 5.32. The van der Waals surface area contributed by atoms with Gasteiger partial charge < -0.3 is 9.47 Å². The molecule has 0 aromatic heterocycles. The highest BCUT2D eigenvalue weighted by Crippen LogP contribution is 2.60. The molecule has 2 heteroatoms. The number of hydrogen-bond acceptors (Lipinski definition) is 2. The fourth-order valence-corrected chi connectivity index (χ4v) is 5.32. The Balaban J connectivity index is 1.74. The lowest BCUT2D eigenvalue weighted by Crippen LogP contribution is -2.58. The molecule has 0 aliphatic heterocycles. The van der Waals surface area contributed by atoms with Crippen molar-refractivity contribution in [2.75, 3.05) is 20.8 Å². The summed E-state index contributed by atoms with van der Waals surface area (Å²) in [5, 5.41) is 0. The maximum atomic E-state index is 6.11. The summed E-state index contributed by atoms with van der Waals surface area (Å²) >= 11 is 0. The topological polar surface area (TPSA) is 18.5 Å². The van der Waals surface area contributed by atoms with E-state index in [0.29, 0.717) is 0 Å². The lowest BCUT2D eigenvalue weighted by atomic mass is 9.49. The van der Waals surface area contributed by atoms with Gasteiger partial charge in [0.25, 0.3) is 0 Å². The lowest BCUT2D eigenvalue weighted by Gasteiger charge is -2.60. The van der Waals surface area contributed by atoms with Crippen molar-refractivity contribution in [3.63, 3.8) is 0 Å². The van der Waals surface area contributed by atoms with E-state index < -0.39 is 0 Å². The van der Waals surface area contributed by atoms with Gasteiger partial charge in [-0.2, -0.15) is 0 Å². The summed E-state index contributed by atoms with van der Waals surface area (Å²) in [7, 11) is 3.76. The van der Waals surface area contributed by atoms with Gasteiger partial charge >= 0.3 is 0 Å². The van der Waals surface area contributed by atoms with E-state index in [1.807, 2.05) is 7.11 Å². The monoisotopic (exact) mass is 238 g/mol. The first-order chi connectivity index (χ1) is 8.28. The van der Waals surface area contributed by atoms with Gasteiger partial charge in [-0.15, -0.1) is 0 Å². The highest BCUT2D eigenvalue weighted by molar-refractivity contribution is 5.07. The molecule has 4 aliphatic rings. The number of ether oxygens (including phenoxy) is 2. The minimum atomic E-state index is 0.214. The standard InChI is InChI=1S/C15H26O2/c1-16-5-3-4-15(17-2)13-7-11-6-12(9-13)10-14(15)8-11/h11-14H,3-10H2,1-2H3. The van der Waals surface area contributed by atoms with Crippen LogP contribution < -0.4 is 0 Å². The van der Waals surface area contributed by atoms with Crippen molar-refractivity contribution in [1.29, 1.82) is 0 Å². The van der Waals surface area contributed by atoms with Gasteiger partial charge in [-0.05, 0) is 68.6 Å². The molecule has 0 unspecified atom stereocenters. The predicted octanol–water partition coefficient (Wildman–Crippen LogP) is 3.25. The molecule has 0 spiro atoms. The molecule has 17 heavy (non-hydrogen) atoms. The maximum Gasteiger partial charge on any atom is 0.0736 e. The van der Waals surface area contributed by atoms with Crippen molar-refractivity contribution in [2.45, 2.75) is 50.5 Å². The van der Waals surface area contributed by atoms with Crippen LogP contribution in [0.15, 0.2) is 0 Å². The summed E-state index contributed by atoms with van der Waals surface area (Å²) in [6.45, 7) is 0.886. The van der Waals surface area contributed by atoms with Gasteiger partial charge in [0.2, 0.25) is 0 Å². The van der Waals surface area contributed by atoms with Crippen LogP contribution in [0.3, 0.4) is 0 Å². The average molecular weight is 238 g/mol. The molecular weight excluding hydrogens is 212 g/mol. The summed E-state index contributed by atoms with van der Waals surface area (Å²) in [4.78, 5) is 0. The molecular formula is C15H26O2. The molecule has 4 bridgehead atoms. The van der Waals surface area contributed by atoms with E-state index >= 15 is 0 Å². The molecule has 0 N–H and O–H groups in total. The van der Waals surface area contributed by atoms with Gasteiger partial charge in [-0.3, -0.25) is 0 Å². The predicted molar refractivity (Wildman–Crippen MR) is 67.9 cm³/mol. The van der Waals surface area contributed by atoms with E-state index in [1.165, 1.54) is 38.5 Å². The second kappa shape index (κ2) is 4.55. The third kappa shape index (κ3) is 1.84. The molecule has 98 valence electrons. The zero-order chi connectivity index (χ0) is 11.9. The van der Waals surface area contributed by atoms with Gasteiger partial charge in [0, 0.05) is 20.8 Å². The van der Waals surface area contributed by atoms with Gasteiger partial charge in [0.05, 0.1) is 5.60 Å². The molecule has 0 aromatic rings. The largest absolute Gasteiger partial charge is 0.385 e. The third-order valence-electron chi connectivity index (χ3n) is 5.82. The quantitative estimate of drug-likeness (QED) is 0.684. The van der Waals surface area contributed by atoms with Crippen LogP contribution in [0.4, 0.5) is 0 Å². The Morgan fingerprint density at radius 1 is 0.941 bits per heavy atom. The van der Waals surface area contributed by atoms with Crippen LogP contribution in [0.5, 0.6) is 0 Å². The van der Waals surface area contributed by atoms with Gasteiger partial charge in [-0.25, -0.2) is 0 Å².